The van der Waals surface area contributed by atoms with Crippen molar-refractivity contribution >= 4 is 29.4 Å². The number of amides is 1. The number of nitrogens with zero attached hydrogens (tertiary/aromatic N) is 4. The van der Waals surface area contributed by atoms with Gasteiger partial charge in [0.25, 0.3) is 0 Å². The van der Waals surface area contributed by atoms with Crippen molar-refractivity contribution in [3.63, 3.8) is 0 Å². The van der Waals surface area contributed by atoms with Crippen LogP contribution in [0, 0.1) is 0 Å². The third kappa shape index (κ3) is 4.57. The van der Waals surface area contributed by atoms with Gasteiger partial charge in [-0.3, -0.25) is 9.78 Å². The van der Waals surface area contributed by atoms with Crippen LogP contribution in [0.15, 0.2) is 66.6 Å². The molecule has 1 saturated heterocycles. The maximum atomic E-state index is 13.5. The fourth-order valence-electron chi connectivity index (χ4n) is 4.86. The zero-order chi connectivity index (χ0) is 25.0. The number of carbonyl (C=O) groups excluding carboxylic acids is 1. The highest BCUT2D eigenvalue weighted by molar-refractivity contribution is 6.00. The van der Waals surface area contributed by atoms with Crippen molar-refractivity contribution in [3.05, 3.63) is 72.2 Å². The molecule has 1 aliphatic rings. The van der Waals surface area contributed by atoms with Gasteiger partial charge in [0, 0.05) is 48.4 Å². The van der Waals surface area contributed by atoms with Gasteiger partial charge in [-0.25, -0.2) is 14.1 Å². The Morgan fingerprint density at radius 2 is 1.97 bits per heavy atom. The van der Waals surface area contributed by atoms with Gasteiger partial charge in [-0.2, -0.15) is 5.10 Å². The summed E-state index contributed by atoms with van der Waals surface area (Å²) >= 11 is 0. The Morgan fingerprint density at radius 1 is 1.14 bits per heavy atom. The molecule has 1 amide bonds. The van der Waals surface area contributed by atoms with Crippen LogP contribution in [0.25, 0.3) is 22.9 Å². The van der Waals surface area contributed by atoms with Gasteiger partial charge in [0.05, 0.1) is 16.6 Å². The molecule has 3 aromatic rings. The number of fused-ring (bicyclic) bond motifs is 1. The number of carboxylic acids is 2. The molecule has 180 valence electrons. The van der Waals surface area contributed by atoms with Gasteiger partial charge in [0.2, 0.25) is 5.91 Å². The third-order valence-electron chi connectivity index (χ3n) is 6.49. The molecule has 0 aromatic carbocycles. The summed E-state index contributed by atoms with van der Waals surface area (Å²) in [7, 11) is 0. The van der Waals surface area contributed by atoms with Crippen molar-refractivity contribution < 1.29 is 24.6 Å². The molecule has 9 nitrogen and oxygen atoms in total. The number of likely N-dealkylation sites (tertiary alicyclic amines) is 1. The lowest BCUT2D eigenvalue weighted by molar-refractivity contribution is -0.140. The molecule has 4 heterocycles. The van der Waals surface area contributed by atoms with Crippen LogP contribution >= 0.6 is 0 Å². The maximum Gasteiger partial charge on any atom is 0.334 e. The molecule has 0 unspecified atom stereocenters. The van der Waals surface area contributed by atoms with E-state index >= 15 is 0 Å². The van der Waals surface area contributed by atoms with Crippen LogP contribution in [0.3, 0.4) is 0 Å². The SMILES string of the molecule is CC[C@@]1(/C(=C/C(=O)O)C(=O)O)CCCCN1C(=O)C=Cc1c(-c2cccnc2)nn2ccccc12. The molecule has 0 radical (unpaired) electrons. The minimum absolute atomic E-state index is 0.277. The molecule has 0 saturated carbocycles. The molecule has 3 aromatic heterocycles. The summed E-state index contributed by atoms with van der Waals surface area (Å²) in [6.07, 6.45) is 11.1. The Morgan fingerprint density at radius 3 is 2.66 bits per heavy atom. The van der Waals surface area contributed by atoms with E-state index in [1.54, 1.807) is 29.9 Å². The Kier molecular flexibility index (Phi) is 6.77. The monoisotopic (exact) mass is 474 g/mol. The maximum absolute atomic E-state index is 13.5. The molecule has 2 N–H and O–H groups in total. The molecular weight excluding hydrogens is 448 g/mol. The Balaban J connectivity index is 1.76. The minimum atomic E-state index is -1.35. The summed E-state index contributed by atoms with van der Waals surface area (Å²) in [5.74, 6) is -3.06. The van der Waals surface area contributed by atoms with Crippen LogP contribution < -0.4 is 0 Å². The first kappa shape index (κ1) is 23.9. The van der Waals surface area contributed by atoms with Crippen LogP contribution in [0.5, 0.6) is 0 Å². The molecule has 1 aliphatic heterocycles. The summed E-state index contributed by atoms with van der Waals surface area (Å²) in [6.45, 7) is 2.12. The molecule has 9 heteroatoms. The van der Waals surface area contributed by atoms with Crippen LogP contribution in [-0.2, 0) is 14.4 Å². The van der Waals surface area contributed by atoms with Gasteiger partial charge in [0.15, 0.2) is 0 Å². The molecule has 35 heavy (non-hydrogen) atoms. The van der Waals surface area contributed by atoms with E-state index in [0.29, 0.717) is 37.6 Å². The van der Waals surface area contributed by atoms with E-state index in [-0.39, 0.29) is 17.9 Å². The topological polar surface area (TPSA) is 125 Å². The molecule has 0 bridgehead atoms. The Hall–Kier alpha value is -4.27. The normalized spacial score (nSPS) is 18.8. The first-order chi connectivity index (χ1) is 16.9. The lowest BCUT2D eigenvalue weighted by Gasteiger charge is -2.47. The molecular formula is C26H26N4O5. The molecule has 0 aliphatic carbocycles. The van der Waals surface area contributed by atoms with Crippen molar-refractivity contribution in [3.8, 4) is 11.3 Å². The smallest absolute Gasteiger partial charge is 0.334 e. The van der Waals surface area contributed by atoms with Gasteiger partial charge in [-0.05, 0) is 56.0 Å². The number of rotatable bonds is 7. The van der Waals surface area contributed by atoms with Crippen LogP contribution in [0.4, 0.5) is 0 Å². The van der Waals surface area contributed by atoms with Crippen LogP contribution in [0.1, 0.15) is 38.2 Å². The fraction of sp³-hybridized carbons (Fsp3) is 0.269. The number of hydrogen-bond acceptors (Lipinski definition) is 5. The molecule has 4 rings (SSSR count). The number of carbonyl (C=O) groups is 3. The fourth-order valence-corrected chi connectivity index (χ4v) is 4.86. The number of piperidine rings is 1. The number of pyridine rings is 2. The Bertz CT molecular complexity index is 1330. The lowest BCUT2D eigenvalue weighted by Crippen LogP contribution is -2.56. The minimum Gasteiger partial charge on any atom is -0.478 e. The number of carboxylic acid groups (broad SMARTS) is 2. The largest absolute Gasteiger partial charge is 0.478 e. The summed E-state index contributed by atoms with van der Waals surface area (Å²) in [6, 6.07) is 9.33. The zero-order valence-corrected chi connectivity index (χ0v) is 19.3. The highest BCUT2D eigenvalue weighted by atomic mass is 16.4. The van der Waals surface area contributed by atoms with Gasteiger partial charge >= 0.3 is 11.9 Å². The van der Waals surface area contributed by atoms with Gasteiger partial charge < -0.3 is 15.1 Å². The van der Waals surface area contributed by atoms with Crippen LogP contribution in [-0.4, -0.2) is 59.6 Å². The second kappa shape index (κ2) is 9.92. The van der Waals surface area contributed by atoms with E-state index in [9.17, 15) is 24.6 Å². The molecule has 1 fully saturated rings. The van der Waals surface area contributed by atoms with Crippen molar-refractivity contribution in [1.29, 1.82) is 0 Å². The lowest BCUT2D eigenvalue weighted by atomic mass is 9.77. The van der Waals surface area contributed by atoms with Crippen molar-refractivity contribution in [2.24, 2.45) is 0 Å². The van der Waals surface area contributed by atoms with E-state index in [0.717, 1.165) is 16.6 Å². The highest BCUT2D eigenvalue weighted by Gasteiger charge is 2.45. The summed E-state index contributed by atoms with van der Waals surface area (Å²) < 4.78 is 1.72. The molecule has 1 atom stereocenters. The summed E-state index contributed by atoms with van der Waals surface area (Å²) in [5.41, 5.74) is 1.50. The van der Waals surface area contributed by atoms with Crippen molar-refractivity contribution in [2.75, 3.05) is 6.54 Å². The third-order valence-corrected chi connectivity index (χ3v) is 6.49. The highest BCUT2D eigenvalue weighted by Crippen LogP contribution is 2.38. The van der Waals surface area contributed by atoms with Crippen molar-refractivity contribution in [1.82, 2.24) is 19.5 Å². The van der Waals surface area contributed by atoms with E-state index in [1.807, 2.05) is 36.5 Å². The van der Waals surface area contributed by atoms with Gasteiger partial charge in [-0.1, -0.05) is 13.0 Å². The summed E-state index contributed by atoms with van der Waals surface area (Å²) in [5, 5.41) is 23.8. The summed E-state index contributed by atoms with van der Waals surface area (Å²) in [4.78, 5) is 42.6. The zero-order valence-electron chi connectivity index (χ0n) is 19.3. The van der Waals surface area contributed by atoms with E-state index in [1.165, 1.54) is 11.0 Å². The van der Waals surface area contributed by atoms with Crippen LogP contribution in [0.2, 0.25) is 0 Å². The first-order valence-electron chi connectivity index (χ1n) is 11.4. The molecule has 0 spiro atoms. The van der Waals surface area contributed by atoms with E-state index in [2.05, 4.69) is 10.1 Å². The average Bonchev–Trinajstić information content (AvgIpc) is 3.24. The van der Waals surface area contributed by atoms with E-state index in [4.69, 9.17) is 0 Å². The van der Waals surface area contributed by atoms with Crippen molar-refractivity contribution in [2.45, 2.75) is 38.1 Å². The second-order valence-corrected chi connectivity index (χ2v) is 8.40. The average molecular weight is 475 g/mol. The number of aliphatic carboxylic acids is 2. The quantitative estimate of drug-likeness (QED) is 0.501. The predicted octanol–water partition coefficient (Wildman–Crippen LogP) is 3.67. The predicted molar refractivity (Wildman–Crippen MR) is 129 cm³/mol. The standard InChI is InChI=1S/C26H26N4O5/c1-2-26(20(25(34)35)16-23(32)33)12-4-6-14-29(26)22(31)11-10-19-21-9-3-5-15-30(21)28-24(19)18-8-7-13-27-17-18/h3,5,7-11,13,15-17H,2,4,6,12,14H2,1H3,(H,32,33)(H,34,35)/b11-10?,20-16+/t26-/m0/s1. The Labute approximate surface area is 202 Å². The van der Waals surface area contributed by atoms with Gasteiger partial charge in [-0.15, -0.1) is 0 Å². The first-order valence-corrected chi connectivity index (χ1v) is 11.4. The number of aromatic nitrogens is 3. The second-order valence-electron chi connectivity index (χ2n) is 8.40. The number of hydrogen-bond donors (Lipinski definition) is 2. The van der Waals surface area contributed by atoms with Gasteiger partial charge in [0.1, 0.15) is 5.69 Å². The van der Waals surface area contributed by atoms with E-state index < -0.39 is 17.5 Å².